The normalized spacial score (nSPS) is 15.7. The fourth-order valence-corrected chi connectivity index (χ4v) is 3.38. The second kappa shape index (κ2) is 7.83. The van der Waals surface area contributed by atoms with E-state index in [1.165, 1.54) is 12.1 Å². The quantitative estimate of drug-likeness (QED) is 0.865. The summed E-state index contributed by atoms with van der Waals surface area (Å²) >= 11 is 0. The number of rotatable bonds is 4. The van der Waals surface area contributed by atoms with Gasteiger partial charge in [0.2, 0.25) is 5.91 Å². The van der Waals surface area contributed by atoms with Gasteiger partial charge in [-0.1, -0.05) is 6.07 Å². The number of benzene rings is 1. The van der Waals surface area contributed by atoms with Gasteiger partial charge in [0.1, 0.15) is 0 Å². The second-order valence-electron chi connectivity index (χ2n) is 7.03. The zero-order valence-electron chi connectivity index (χ0n) is 16.2. The van der Waals surface area contributed by atoms with E-state index in [0.29, 0.717) is 31.9 Å². The van der Waals surface area contributed by atoms with Gasteiger partial charge in [0.15, 0.2) is 0 Å². The molecule has 0 saturated carbocycles. The van der Waals surface area contributed by atoms with Crippen LogP contribution in [-0.4, -0.2) is 53.3 Å². The van der Waals surface area contributed by atoms with Crippen molar-refractivity contribution < 1.29 is 18.0 Å². The Bertz CT molecular complexity index is 854. The largest absolute Gasteiger partial charge is 0.416 e. The minimum absolute atomic E-state index is 0.119. The molecule has 1 aliphatic rings. The number of piperazine rings is 1. The summed E-state index contributed by atoms with van der Waals surface area (Å²) in [7, 11) is 1.82. The van der Waals surface area contributed by atoms with Crippen molar-refractivity contribution in [2.24, 2.45) is 7.05 Å². The summed E-state index contributed by atoms with van der Waals surface area (Å²) in [6.07, 6.45) is -4.35. The summed E-state index contributed by atoms with van der Waals surface area (Å²) in [6.45, 7) is 6.33. The monoisotopic (exact) mass is 395 g/mol. The van der Waals surface area contributed by atoms with Crippen molar-refractivity contribution >= 4 is 17.3 Å². The van der Waals surface area contributed by atoms with E-state index in [1.54, 1.807) is 10.7 Å². The minimum Gasteiger partial charge on any atom is -0.369 e. The predicted octanol–water partition coefficient (Wildman–Crippen LogP) is 2.82. The van der Waals surface area contributed by atoms with Gasteiger partial charge in [0, 0.05) is 38.9 Å². The molecule has 0 radical (unpaired) electrons. The van der Waals surface area contributed by atoms with E-state index in [0.717, 1.165) is 23.1 Å². The molecule has 9 heteroatoms. The Kier molecular flexibility index (Phi) is 5.64. The molecule has 6 nitrogen and oxygen atoms in total. The first-order valence-electron chi connectivity index (χ1n) is 9.10. The molecule has 1 N–H and O–H groups in total. The Hall–Kier alpha value is -2.55. The van der Waals surface area contributed by atoms with Gasteiger partial charge in [0.05, 0.1) is 29.2 Å². The number of halogens is 3. The average Bonchev–Trinajstić information content (AvgIpc) is 2.88. The maximum atomic E-state index is 12.9. The molecule has 3 rings (SSSR count). The number of amides is 1. The molecule has 1 fully saturated rings. The van der Waals surface area contributed by atoms with E-state index in [1.807, 2.05) is 30.7 Å². The first kappa shape index (κ1) is 20.2. The van der Waals surface area contributed by atoms with Gasteiger partial charge in [-0.3, -0.25) is 14.4 Å². The van der Waals surface area contributed by atoms with Gasteiger partial charge in [-0.15, -0.1) is 0 Å². The number of carbonyl (C=O) groups excluding carboxylic acids is 1. The number of hydrogen-bond acceptors (Lipinski definition) is 4. The molecule has 1 aromatic heterocycles. The summed E-state index contributed by atoms with van der Waals surface area (Å²) in [5.41, 5.74) is 2.30. The molecule has 1 saturated heterocycles. The molecule has 1 amide bonds. The van der Waals surface area contributed by atoms with Crippen molar-refractivity contribution in [3.8, 4) is 0 Å². The molecule has 0 aliphatic carbocycles. The standard InChI is InChI=1S/C19H24F3N5O/c1-13-18(14(2)25(3)24-13)23-17(28)12-26-7-9-27(10-8-26)16-6-4-5-15(11-16)19(20,21)22/h4-6,11H,7-10,12H2,1-3H3,(H,23,28). The number of hydrogen-bond donors (Lipinski definition) is 1. The summed E-state index contributed by atoms with van der Waals surface area (Å²) in [5.74, 6) is -0.119. The lowest BCUT2D eigenvalue weighted by Gasteiger charge is -2.36. The molecule has 0 atom stereocenters. The summed E-state index contributed by atoms with van der Waals surface area (Å²) in [6, 6.07) is 5.37. The lowest BCUT2D eigenvalue weighted by Crippen LogP contribution is -2.48. The lowest BCUT2D eigenvalue weighted by atomic mass is 10.1. The zero-order valence-corrected chi connectivity index (χ0v) is 16.2. The van der Waals surface area contributed by atoms with Crippen LogP contribution in [0.3, 0.4) is 0 Å². The fraction of sp³-hybridized carbons (Fsp3) is 0.474. The lowest BCUT2D eigenvalue weighted by molar-refractivity contribution is -0.137. The number of alkyl halides is 3. The summed E-state index contributed by atoms with van der Waals surface area (Å²) in [4.78, 5) is 16.3. The molecule has 1 aliphatic heterocycles. The smallest absolute Gasteiger partial charge is 0.369 e. The Morgan fingerprint density at radius 3 is 2.43 bits per heavy atom. The highest BCUT2D eigenvalue weighted by molar-refractivity contribution is 5.93. The summed E-state index contributed by atoms with van der Waals surface area (Å²) in [5, 5.41) is 7.19. The fourth-order valence-electron chi connectivity index (χ4n) is 3.38. The molecule has 152 valence electrons. The molecular formula is C19H24F3N5O. The van der Waals surface area contributed by atoms with Crippen molar-refractivity contribution in [1.82, 2.24) is 14.7 Å². The Labute approximate surface area is 161 Å². The number of nitrogens with zero attached hydrogens (tertiary/aromatic N) is 4. The highest BCUT2D eigenvalue weighted by atomic mass is 19.4. The first-order valence-corrected chi connectivity index (χ1v) is 9.10. The van der Waals surface area contributed by atoms with Crippen LogP contribution in [0.1, 0.15) is 17.0 Å². The molecule has 2 heterocycles. The van der Waals surface area contributed by atoms with E-state index in [9.17, 15) is 18.0 Å². The molecule has 0 bridgehead atoms. The van der Waals surface area contributed by atoms with Crippen molar-refractivity contribution in [1.29, 1.82) is 0 Å². The Morgan fingerprint density at radius 1 is 1.18 bits per heavy atom. The van der Waals surface area contributed by atoms with E-state index in [4.69, 9.17) is 0 Å². The molecule has 28 heavy (non-hydrogen) atoms. The first-order chi connectivity index (χ1) is 13.1. The Balaban J connectivity index is 1.55. The third kappa shape index (κ3) is 4.46. The number of carbonyl (C=O) groups is 1. The third-order valence-electron chi connectivity index (χ3n) is 5.05. The predicted molar refractivity (Wildman–Crippen MR) is 101 cm³/mol. The summed E-state index contributed by atoms with van der Waals surface area (Å²) < 4.78 is 40.4. The van der Waals surface area contributed by atoms with Crippen LogP contribution in [0.5, 0.6) is 0 Å². The SMILES string of the molecule is Cc1nn(C)c(C)c1NC(=O)CN1CCN(c2cccc(C(F)(F)F)c2)CC1. The molecule has 1 aromatic carbocycles. The van der Waals surface area contributed by atoms with E-state index in [2.05, 4.69) is 10.4 Å². The maximum Gasteiger partial charge on any atom is 0.416 e. The van der Waals surface area contributed by atoms with E-state index < -0.39 is 11.7 Å². The van der Waals surface area contributed by atoms with Crippen molar-refractivity contribution in [2.75, 3.05) is 42.9 Å². The maximum absolute atomic E-state index is 12.9. The van der Waals surface area contributed by atoms with Crippen LogP contribution in [0.15, 0.2) is 24.3 Å². The zero-order chi connectivity index (χ0) is 20.5. The number of aromatic nitrogens is 2. The van der Waals surface area contributed by atoms with Crippen LogP contribution in [0.2, 0.25) is 0 Å². The van der Waals surface area contributed by atoms with Gasteiger partial charge in [-0.25, -0.2) is 0 Å². The molecule has 0 spiro atoms. The van der Waals surface area contributed by atoms with Crippen LogP contribution in [0.4, 0.5) is 24.5 Å². The van der Waals surface area contributed by atoms with Gasteiger partial charge < -0.3 is 10.2 Å². The van der Waals surface area contributed by atoms with Crippen LogP contribution in [0, 0.1) is 13.8 Å². The van der Waals surface area contributed by atoms with Crippen LogP contribution >= 0.6 is 0 Å². The highest BCUT2D eigenvalue weighted by Crippen LogP contribution is 2.31. The van der Waals surface area contributed by atoms with Crippen LogP contribution < -0.4 is 10.2 Å². The van der Waals surface area contributed by atoms with Gasteiger partial charge in [-0.2, -0.15) is 18.3 Å². The third-order valence-corrected chi connectivity index (χ3v) is 5.05. The van der Waals surface area contributed by atoms with Crippen molar-refractivity contribution in [3.63, 3.8) is 0 Å². The number of nitrogens with one attached hydrogen (secondary N) is 1. The highest BCUT2D eigenvalue weighted by Gasteiger charge is 2.31. The molecule has 0 unspecified atom stereocenters. The van der Waals surface area contributed by atoms with Gasteiger partial charge in [0.25, 0.3) is 0 Å². The minimum atomic E-state index is -4.35. The Morgan fingerprint density at radius 2 is 1.86 bits per heavy atom. The number of aryl methyl sites for hydroxylation is 2. The van der Waals surface area contributed by atoms with E-state index in [-0.39, 0.29) is 12.5 Å². The molecular weight excluding hydrogens is 371 g/mol. The average molecular weight is 395 g/mol. The van der Waals surface area contributed by atoms with Gasteiger partial charge >= 0.3 is 6.18 Å². The van der Waals surface area contributed by atoms with Gasteiger partial charge in [-0.05, 0) is 32.0 Å². The van der Waals surface area contributed by atoms with E-state index >= 15 is 0 Å². The topological polar surface area (TPSA) is 53.4 Å². The van der Waals surface area contributed by atoms with Crippen LogP contribution in [-0.2, 0) is 18.0 Å². The van der Waals surface area contributed by atoms with Crippen LogP contribution in [0.25, 0.3) is 0 Å². The number of anilines is 2. The molecule has 2 aromatic rings. The van der Waals surface area contributed by atoms with Crippen molar-refractivity contribution in [2.45, 2.75) is 20.0 Å². The second-order valence-corrected chi connectivity index (χ2v) is 7.03. The van der Waals surface area contributed by atoms with Crippen molar-refractivity contribution in [3.05, 3.63) is 41.2 Å².